The van der Waals surface area contributed by atoms with E-state index in [1.54, 1.807) is 19.5 Å². The van der Waals surface area contributed by atoms with Gasteiger partial charge in [-0.25, -0.2) is 4.98 Å². The SMILES string of the molecule is COCc1nc(C)c(CC(=O)NCc2ccncc2)s1. The minimum absolute atomic E-state index is 0.00229. The van der Waals surface area contributed by atoms with E-state index in [0.29, 0.717) is 19.6 Å². The number of methoxy groups -OCH3 is 1. The van der Waals surface area contributed by atoms with Crippen molar-refractivity contribution in [1.29, 1.82) is 0 Å². The monoisotopic (exact) mass is 291 g/mol. The van der Waals surface area contributed by atoms with Crippen molar-refractivity contribution in [2.45, 2.75) is 26.5 Å². The summed E-state index contributed by atoms with van der Waals surface area (Å²) in [5.41, 5.74) is 1.94. The number of aryl methyl sites for hydroxylation is 1. The number of carbonyl (C=O) groups is 1. The highest BCUT2D eigenvalue weighted by molar-refractivity contribution is 7.11. The van der Waals surface area contributed by atoms with Crippen LogP contribution in [0.5, 0.6) is 0 Å². The van der Waals surface area contributed by atoms with E-state index in [-0.39, 0.29) is 5.91 Å². The highest BCUT2D eigenvalue weighted by Crippen LogP contribution is 2.19. The molecule has 2 aromatic heterocycles. The Hall–Kier alpha value is -1.79. The van der Waals surface area contributed by atoms with Gasteiger partial charge in [-0.2, -0.15) is 0 Å². The van der Waals surface area contributed by atoms with Crippen molar-refractivity contribution in [1.82, 2.24) is 15.3 Å². The predicted octanol–water partition coefficient (Wildman–Crippen LogP) is 1.85. The number of hydrogen-bond acceptors (Lipinski definition) is 5. The highest BCUT2D eigenvalue weighted by atomic mass is 32.1. The second-order valence-corrected chi connectivity index (χ2v) is 5.53. The number of rotatable bonds is 6. The second-order valence-electron chi connectivity index (χ2n) is 4.36. The van der Waals surface area contributed by atoms with Crippen molar-refractivity contribution in [3.63, 3.8) is 0 Å². The summed E-state index contributed by atoms with van der Waals surface area (Å²) in [6, 6.07) is 3.77. The van der Waals surface area contributed by atoms with Gasteiger partial charge in [-0.3, -0.25) is 9.78 Å². The smallest absolute Gasteiger partial charge is 0.225 e. The third kappa shape index (κ3) is 4.11. The summed E-state index contributed by atoms with van der Waals surface area (Å²) < 4.78 is 5.05. The van der Waals surface area contributed by atoms with E-state index in [1.807, 2.05) is 19.1 Å². The van der Waals surface area contributed by atoms with E-state index in [4.69, 9.17) is 4.74 Å². The van der Waals surface area contributed by atoms with Crippen molar-refractivity contribution in [2.24, 2.45) is 0 Å². The molecule has 0 atom stereocenters. The lowest BCUT2D eigenvalue weighted by Gasteiger charge is -2.04. The number of nitrogens with zero attached hydrogens (tertiary/aromatic N) is 2. The zero-order chi connectivity index (χ0) is 14.4. The fourth-order valence-corrected chi connectivity index (χ4v) is 2.79. The first kappa shape index (κ1) is 14.6. The van der Waals surface area contributed by atoms with Gasteiger partial charge in [0.15, 0.2) is 0 Å². The van der Waals surface area contributed by atoms with Gasteiger partial charge in [0.2, 0.25) is 5.91 Å². The molecule has 2 heterocycles. The van der Waals surface area contributed by atoms with E-state index in [1.165, 1.54) is 11.3 Å². The van der Waals surface area contributed by atoms with Crippen LogP contribution in [0.2, 0.25) is 0 Å². The summed E-state index contributed by atoms with van der Waals surface area (Å²) in [5.74, 6) is -0.00229. The minimum atomic E-state index is -0.00229. The summed E-state index contributed by atoms with van der Waals surface area (Å²) in [6.45, 7) is 2.93. The molecule has 0 bridgehead atoms. The number of pyridine rings is 1. The number of amides is 1. The molecule has 0 radical (unpaired) electrons. The van der Waals surface area contributed by atoms with Crippen LogP contribution >= 0.6 is 11.3 Å². The molecule has 0 aliphatic heterocycles. The Morgan fingerprint density at radius 1 is 1.40 bits per heavy atom. The van der Waals surface area contributed by atoms with Crippen LogP contribution in [-0.2, 0) is 29.1 Å². The molecule has 106 valence electrons. The summed E-state index contributed by atoms with van der Waals surface area (Å²) >= 11 is 1.53. The Bertz CT molecular complexity index is 569. The Kier molecular flexibility index (Phi) is 5.20. The summed E-state index contributed by atoms with van der Waals surface area (Å²) in [4.78, 5) is 21.2. The first-order valence-corrected chi connectivity index (χ1v) is 7.10. The van der Waals surface area contributed by atoms with Crippen molar-refractivity contribution in [3.8, 4) is 0 Å². The van der Waals surface area contributed by atoms with Crippen LogP contribution in [0.1, 0.15) is 21.1 Å². The number of aromatic nitrogens is 2. The lowest BCUT2D eigenvalue weighted by molar-refractivity contribution is -0.120. The summed E-state index contributed by atoms with van der Waals surface area (Å²) in [6.07, 6.45) is 3.79. The lowest BCUT2D eigenvalue weighted by atomic mass is 10.2. The van der Waals surface area contributed by atoms with Gasteiger partial charge in [-0.1, -0.05) is 0 Å². The molecule has 6 heteroatoms. The maximum atomic E-state index is 11.9. The van der Waals surface area contributed by atoms with Crippen molar-refractivity contribution >= 4 is 17.2 Å². The molecule has 0 aliphatic rings. The molecule has 0 unspecified atom stereocenters. The van der Waals surface area contributed by atoms with Crippen LogP contribution in [0.3, 0.4) is 0 Å². The molecule has 2 aromatic rings. The molecule has 0 aromatic carbocycles. The van der Waals surface area contributed by atoms with Crippen LogP contribution in [0.4, 0.5) is 0 Å². The summed E-state index contributed by atoms with van der Waals surface area (Å²) in [5, 5.41) is 3.80. The van der Waals surface area contributed by atoms with Crippen LogP contribution in [0.25, 0.3) is 0 Å². The highest BCUT2D eigenvalue weighted by Gasteiger charge is 2.11. The zero-order valence-electron chi connectivity index (χ0n) is 11.5. The fraction of sp³-hybridized carbons (Fsp3) is 0.357. The van der Waals surface area contributed by atoms with Gasteiger partial charge < -0.3 is 10.1 Å². The average Bonchev–Trinajstić information content (AvgIpc) is 2.78. The van der Waals surface area contributed by atoms with E-state index >= 15 is 0 Å². The van der Waals surface area contributed by atoms with E-state index in [9.17, 15) is 4.79 Å². The Morgan fingerprint density at radius 2 is 2.15 bits per heavy atom. The Balaban J connectivity index is 1.88. The van der Waals surface area contributed by atoms with Gasteiger partial charge >= 0.3 is 0 Å². The van der Waals surface area contributed by atoms with Crippen LogP contribution in [0.15, 0.2) is 24.5 Å². The van der Waals surface area contributed by atoms with Crippen LogP contribution in [-0.4, -0.2) is 23.0 Å². The molecule has 0 fully saturated rings. The van der Waals surface area contributed by atoms with Crippen LogP contribution < -0.4 is 5.32 Å². The van der Waals surface area contributed by atoms with Gasteiger partial charge in [0.05, 0.1) is 18.7 Å². The first-order valence-electron chi connectivity index (χ1n) is 6.28. The molecule has 0 aliphatic carbocycles. The summed E-state index contributed by atoms with van der Waals surface area (Å²) in [7, 11) is 1.64. The number of carbonyl (C=O) groups excluding carboxylic acids is 1. The molecule has 0 spiro atoms. The molecular weight excluding hydrogens is 274 g/mol. The largest absolute Gasteiger partial charge is 0.378 e. The van der Waals surface area contributed by atoms with Gasteiger partial charge in [0.25, 0.3) is 0 Å². The Labute approximate surface area is 122 Å². The molecule has 2 rings (SSSR count). The van der Waals surface area contributed by atoms with Crippen molar-refractivity contribution < 1.29 is 9.53 Å². The molecule has 0 saturated heterocycles. The maximum absolute atomic E-state index is 11.9. The van der Waals surface area contributed by atoms with Gasteiger partial charge in [-0.05, 0) is 24.6 Å². The maximum Gasteiger partial charge on any atom is 0.225 e. The molecule has 1 amide bonds. The van der Waals surface area contributed by atoms with E-state index < -0.39 is 0 Å². The van der Waals surface area contributed by atoms with Crippen LogP contribution in [0, 0.1) is 6.92 Å². The molecule has 20 heavy (non-hydrogen) atoms. The standard InChI is InChI=1S/C14H17N3O2S/c1-10-12(20-14(17-10)9-19-2)7-13(18)16-8-11-3-5-15-6-4-11/h3-6H,7-9H2,1-2H3,(H,16,18). The topological polar surface area (TPSA) is 64.1 Å². The fourth-order valence-electron chi connectivity index (χ4n) is 1.75. The van der Waals surface area contributed by atoms with Gasteiger partial charge in [0, 0.05) is 30.9 Å². The first-order chi connectivity index (χ1) is 9.69. The number of nitrogens with one attached hydrogen (secondary N) is 1. The number of hydrogen-bond donors (Lipinski definition) is 1. The third-order valence-electron chi connectivity index (χ3n) is 2.76. The molecule has 0 saturated carbocycles. The van der Waals surface area contributed by atoms with Gasteiger partial charge in [-0.15, -0.1) is 11.3 Å². The lowest BCUT2D eigenvalue weighted by Crippen LogP contribution is -2.24. The number of ether oxygens (including phenoxy) is 1. The van der Waals surface area contributed by atoms with Crippen molar-refractivity contribution in [2.75, 3.05) is 7.11 Å². The minimum Gasteiger partial charge on any atom is -0.378 e. The Morgan fingerprint density at radius 3 is 2.85 bits per heavy atom. The third-order valence-corrected chi connectivity index (χ3v) is 3.90. The van der Waals surface area contributed by atoms with Gasteiger partial charge in [0.1, 0.15) is 5.01 Å². The molecular formula is C14H17N3O2S. The van der Waals surface area contributed by atoms with E-state index in [0.717, 1.165) is 21.1 Å². The quantitative estimate of drug-likeness (QED) is 0.882. The average molecular weight is 291 g/mol. The zero-order valence-corrected chi connectivity index (χ0v) is 12.4. The number of thiazole rings is 1. The normalized spacial score (nSPS) is 10.5. The molecule has 1 N–H and O–H groups in total. The molecule has 5 nitrogen and oxygen atoms in total. The predicted molar refractivity (Wildman–Crippen MR) is 77.4 cm³/mol. The second kappa shape index (κ2) is 7.12. The van der Waals surface area contributed by atoms with Crippen molar-refractivity contribution in [3.05, 3.63) is 45.7 Å². The van der Waals surface area contributed by atoms with E-state index in [2.05, 4.69) is 15.3 Å².